The zero-order valence-electron chi connectivity index (χ0n) is 15.7. The predicted octanol–water partition coefficient (Wildman–Crippen LogP) is 2.62. The average molecular weight is 368 g/mol. The Morgan fingerprint density at radius 3 is 2.44 bits per heavy atom. The van der Waals surface area contributed by atoms with E-state index in [4.69, 9.17) is 0 Å². The molecule has 1 saturated heterocycles. The summed E-state index contributed by atoms with van der Waals surface area (Å²) in [6.07, 6.45) is 0. The molecule has 0 unspecified atom stereocenters. The van der Waals surface area contributed by atoms with E-state index in [1.54, 1.807) is 31.1 Å². The van der Waals surface area contributed by atoms with E-state index in [2.05, 4.69) is 9.80 Å². The van der Waals surface area contributed by atoms with Crippen LogP contribution in [0.2, 0.25) is 0 Å². The Kier molecular flexibility index (Phi) is 5.71. The number of nitro groups is 1. The molecular weight excluding hydrogens is 344 g/mol. The standard InChI is InChI=1S/C20H24N4O3/c1-21(2)20(25)17-7-5-6-16(14-17)15-22-10-12-23(13-11-22)18-8-3-4-9-19(18)24(26)27/h3-9,14H,10-13,15H2,1-2H3. The van der Waals surface area contributed by atoms with Gasteiger partial charge in [0.1, 0.15) is 5.69 Å². The van der Waals surface area contributed by atoms with Gasteiger partial charge in [0.2, 0.25) is 0 Å². The van der Waals surface area contributed by atoms with Crippen LogP contribution in [0.1, 0.15) is 15.9 Å². The smallest absolute Gasteiger partial charge is 0.292 e. The first-order valence-electron chi connectivity index (χ1n) is 8.97. The van der Waals surface area contributed by atoms with Crippen LogP contribution in [-0.4, -0.2) is 60.9 Å². The first kappa shape index (κ1) is 18.8. The third-order valence-electron chi connectivity index (χ3n) is 4.78. The molecule has 0 radical (unpaired) electrons. The molecule has 0 aliphatic carbocycles. The summed E-state index contributed by atoms with van der Waals surface area (Å²) in [5, 5.41) is 11.2. The van der Waals surface area contributed by atoms with Gasteiger partial charge in [0.15, 0.2) is 0 Å². The van der Waals surface area contributed by atoms with E-state index < -0.39 is 0 Å². The van der Waals surface area contributed by atoms with Crippen LogP contribution in [0.3, 0.4) is 0 Å². The topological polar surface area (TPSA) is 69.9 Å². The van der Waals surface area contributed by atoms with Gasteiger partial charge in [-0.3, -0.25) is 19.8 Å². The summed E-state index contributed by atoms with van der Waals surface area (Å²) in [4.78, 5) is 29.0. The number of carbonyl (C=O) groups is 1. The SMILES string of the molecule is CN(C)C(=O)c1cccc(CN2CCN(c3ccccc3[N+](=O)[O-])CC2)c1. The molecule has 142 valence electrons. The molecule has 2 aromatic rings. The molecule has 1 amide bonds. The molecule has 0 spiro atoms. The highest BCUT2D eigenvalue weighted by Crippen LogP contribution is 2.28. The van der Waals surface area contributed by atoms with Crippen molar-refractivity contribution in [3.63, 3.8) is 0 Å². The molecule has 1 aliphatic rings. The van der Waals surface area contributed by atoms with Crippen molar-refractivity contribution in [3.05, 3.63) is 69.8 Å². The molecule has 27 heavy (non-hydrogen) atoms. The molecule has 1 heterocycles. The monoisotopic (exact) mass is 368 g/mol. The maximum atomic E-state index is 12.1. The van der Waals surface area contributed by atoms with Gasteiger partial charge in [0.05, 0.1) is 4.92 Å². The molecule has 7 nitrogen and oxygen atoms in total. The fourth-order valence-electron chi connectivity index (χ4n) is 3.35. The minimum absolute atomic E-state index is 0.00180. The number of benzene rings is 2. The third kappa shape index (κ3) is 4.43. The molecule has 2 aromatic carbocycles. The maximum Gasteiger partial charge on any atom is 0.292 e. The molecule has 0 atom stereocenters. The number of carbonyl (C=O) groups excluding carboxylic acids is 1. The van der Waals surface area contributed by atoms with E-state index in [1.165, 1.54) is 0 Å². The van der Waals surface area contributed by atoms with Gasteiger partial charge in [-0.1, -0.05) is 24.3 Å². The lowest BCUT2D eigenvalue weighted by molar-refractivity contribution is -0.384. The first-order chi connectivity index (χ1) is 13.0. The Morgan fingerprint density at radius 1 is 1.07 bits per heavy atom. The number of nitrogens with zero attached hydrogens (tertiary/aromatic N) is 4. The van der Waals surface area contributed by atoms with E-state index in [0.717, 1.165) is 38.3 Å². The van der Waals surface area contributed by atoms with Crippen molar-refractivity contribution in [2.24, 2.45) is 0 Å². The van der Waals surface area contributed by atoms with Crippen LogP contribution in [0.15, 0.2) is 48.5 Å². The van der Waals surface area contributed by atoms with Crippen molar-refractivity contribution in [2.75, 3.05) is 45.2 Å². The lowest BCUT2D eigenvalue weighted by Gasteiger charge is -2.35. The zero-order chi connectivity index (χ0) is 19.4. The van der Waals surface area contributed by atoms with Crippen LogP contribution in [0.5, 0.6) is 0 Å². The van der Waals surface area contributed by atoms with Crippen LogP contribution >= 0.6 is 0 Å². The van der Waals surface area contributed by atoms with E-state index in [-0.39, 0.29) is 16.5 Å². The normalized spacial score (nSPS) is 14.8. The van der Waals surface area contributed by atoms with Crippen LogP contribution in [0, 0.1) is 10.1 Å². The molecular formula is C20H24N4O3. The molecule has 1 aliphatic heterocycles. The quantitative estimate of drug-likeness (QED) is 0.599. The summed E-state index contributed by atoms with van der Waals surface area (Å²) in [6, 6.07) is 14.6. The Bertz CT molecular complexity index is 829. The lowest BCUT2D eigenvalue weighted by Crippen LogP contribution is -2.46. The summed E-state index contributed by atoms with van der Waals surface area (Å²) in [6.45, 7) is 3.87. The fourth-order valence-corrected chi connectivity index (χ4v) is 3.35. The van der Waals surface area contributed by atoms with Crippen LogP contribution in [-0.2, 0) is 6.54 Å². The molecule has 0 bridgehead atoms. The molecule has 1 fully saturated rings. The van der Waals surface area contributed by atoms with Crippen LogP contribution in [0.4, 0.5) is 11.4 Å². The largest absolute Gasteiger partial charge is 0.363 e. The first-order valence-corrected chi connectivity index (χ1v) is 8.97. The van der Waals surface area contributed by atoms with E-state index in [9.17, 15) is 14.9 Å². The molecule has 0 saturated carbocycles. The van der Waals surface area contributed by atoms with Crippen molar-refractivity contribution in [3.8, 4) is 0 Å². The van der Waals surface area contributed by atoms with Crippen molar-refractivity contribution >= 4 is 17.3 Å². The number of nitro benzene ring substituents is 1. The second-order valence-electron chi connectivity index (χ2n) is 6.91. The summed E-state index contributed by atoms with van der Waals surface area (Å²) in [5.74, 6) is -0.00180. The number of piperazine rings is 1. The highest BCUT2D eigenvalue weighted by atomic mass is 16.6. The van der Waals surface area contributed by atoms with Gasteiger partial charge in [-0.05, 0) is 23.8 Å². The van der Waals surface area contributed by atoms with Crippen molar-refractivity contribution in [1.82, 2.24) is 9.80 Å². The highest BCUT2D eigenvalue weighted by Gasteiger charge is 2.23. The van der Waals surface area contributed by atoms with E-state index in [0.29, 0.717) is 11.3 Å². The number of anilines is 1. The van der Waals surface area contributed by atoms with Crippen LogP contribution in [0.25, 0.3) is 0 Å². The summed E-state index contributed by atoms with van der Waals surface area (Å²) in [5.41, 5.74) is 2.62. The molecule has 3 rings (SSSR count). The van der Waals surface area contributed by atoms with Gasteiger partial charge in [-0.2, -0.15) is 0 Å². The van der Waals surface area contributed by atoms with Gasteiger partial charge in [-0.25, -0.2) is 0 Å². The van der Waals surface area contributed by atoms with Crippen molar-refractivity contribution in [2.45, 2.75) is 6.54 Å². The van der Waals surface area contributed by atoms with Gasteiger partial charge in [0, 0.05) is 58.4 Å². The zero-order valence-corrected chi connectivity index (χ0v) is 15.7. The maximum absolute atomic E-state index is 12.1. The Morgan fingerprint density at radius 2 is 1.78 bits per heavy atom. The second-order valence-corrected chi connectivity index (χ2v) is 6.91. The summed E-state index contributed by atoms with van der Waals surface area (Å²) < 4.78 is 0. The molecule has 0 N–H and O–H groups in total. The van der Waals surface area contributed by atoms with Gasteiger partial charge in [-0.15, -0.1) is 0 Å². The Balaban J connectivity index is 1.63. The molecule has 0 aromatic heterocycles. The number of hydrogen-bond acceptors (Lipinski definition) is 5. The molecule has 7 heteroatoms. The Hall–Kier alpha value is -2.93. The number of amides is 1. The van der Waals surface area contributed by atoms with Gasteiger partial charge < -0.3 is 9.80 Å². The van der Waals surface area contributed by atoms with Gasteiger partial charge in [0.25, 0.3) is 11.6 Å². The summed E-state index contributed by atoms with van der Waals surface area (Å²) in [7, 11) is 3.49. The number of para-hydroxylation sites is 2. The van der Waals surface area contributed by atoms with E-state index >= 15 is 0 Å². The Labute approximate surface area is 158 Å². The number of hydrogen-bond donors (Lipinski definition) is 0. The average Bonchev–Trinajstić information content (AvgIpc) is 2.68. The summed E-state index contributed by atoms with van der Waals surface area (Å²) >= 11 is 0. The van der Waals surface area contributed by atoms with E-state index in [1.807, 2.05) is 36.4 Å². The lowest BCUT2D eigenvalue weighted by atomic mass is 10.1. The minimum Gasteiger partial charge on any atom is -0.363 e. The predicted molar refractivity (Wildman–Crippen MR) is 105 cm³/mol. The van der Waals surface area contributed by atoms with Crippen molar-refractivity contribution < 1.29 is 9.72 Å². The van der Waals surface area contributed by atoms with Crippen molar-refractivity contribution in [1.29, 1.82) is 0 Å². The minimum atomic E-state index is -0.324. The van der Waals surface area contributed by atoms with Gasteiger partial charge >= 0.3 is 0 Å². The fraction of sp³-hybridized carbons (Fsp3) is 0.350. The second kappa shape index (κ2) is 8.18. The third-order valence-corrected chi connectivity index (χ3v) is 4.78. The number of rotatable bonds is 5. The van der Waals surface area contributed by atoms with Crippen LogP contribution < -0.4 is 4.90 Å². The highest BCUT2D eigenvalue weighted by molar-refractivity contribution is 5.94.